The van der Waals surface area contributed by atoms with E-state index in [9.17, 15) is 14.0 Å². The van der Waals surface area contributed by atoms with Crippen LogP contribution in [0, 0.1) is 5.82 Å². The summed E-state index contributed by atoms with van der Waals surface area (Å²) in [5.74, 6) is 2.17. The van der Waals surface area contributed by atoms with Crippen LogP contribution in [-0.4, -0.2) is 34.8 Å². The highest BCUT2D eigenvalue weighted by Gasteiger charge is 2.33. The number of amides is 2. The number of hydrogen-bond acceptors (Lipinski definition) is 5. The number of hydrogen-bond donors (Lipinski definition) is 1. The second kappa shape index (κ2) is 10.7. The molecule has 166 valence electrons. The minimum absolute atomic E-state index is 0.0751. The van der Waals surface area contributed by atoms with Gasteiger partial charge in [-0.3, -0.25) is 9.59 Å². The molecule has 3 aromatic rings. The first-order valence-electron chi connectivity index (χ1n) is 10.2. The van der Waals surface area contributed by atoms with Gasteiger partial charge in [0.05, 0.1) is 18.6 Å². The van der Waals surface area contributed by atoms with Crippen LogP contribution >= 0.6 is 23.5 Å². The van der Waals surface area contributed by atoms with Crippen LogP contribution in [0.1, 0.15) is 32.6 Å². The average Bonchev–Trinajstić information content (AvgIpc) is 3.45. The van der Waals surface area contributed by atoms with Crippen LogP contribution in [-0.2, 0) is 17.1 Å². The van der Waals surface area contributed by atoms with Crippen molar-refractivity contribution < 1.29 is 18.4 Å². The van der Waals surface area contributed by atoms with Gasteiger partial charge in [-0.25, -0.2) is 4.39 Å². The van der Waals surface area contributed by atoms with Gasteiger partial charge in [-0.2, -0.15) is 11.8 Å². The second-order valence-electron chi connectivity index (χ2n) is 7.29. The van der Waals surface area contributed by atoms with E-state index < -0.39 is 0 Å². The van der Waals surface area contributed by atoms with Gasteiger partial charge in [-0.1, -0.05) is 30.3 Å². The van der Waals surface area contributed by atoms with Crippen molar-refractivity contribution >= 4 is 35.3 Å². The van der Waals surface area contributed by atoms with Crippen LogP contribution in [0.5, 0.6) is 0 Å². The third-order valence-electron chi connectivity index (χ3n) is 5.08. The largest absolute Gasteiger partial charge is 0.467 e. The maximum absolute atomic E-state index is 13.6. The van der Waals surface area contributed by atoms with Crippen molar-refractivity contribution in [2.24, 2.45) is 0 Å². The van der Waals surface area contributed by atoms with E-state index in [1.54, 1.807) is 59.0 Å². The average molecular weight is 471 g/mol. The van der Waals surface area contributed by atoms with Gasteiger partial charge in [0.1, 0.15) is 17.0 Å². The number of rotatable bonds is 9. The molecule has 1 atom stereocenters. The molecule has 0 unspecified atom stereocenters. The van der Waals surface area contributed by atoms with E-state index in [-0.39, 0.29) is 23.0 Å². The summed E-state index contributed by atoms with van der Waals surface area (Å²) < 4.78 is 19.0. The molecule has 4 rings (SSSR count). The van der Waals surface area contributed by atoms with Crippen LogP contribution in [0.3, 0.4) is 0 Å². The normalized spacial score (nSPS) is 15.8. The van der Waals surface area contributed by atoms with Gasteiger partial charge in [0.15, 0.2) is 0 Å². The highest BCUT2D eigenvalue weighted by molar-refractivity contribution is 8.00. The first-order chi connectivity index (χ1) is 15.6. The third-order valence-corrected chi connectivity index (χ3v) is 7.34. The smallest absolute Gasteiger partial charge is 0.251 e. The van der Waals surface area contributed by atoms with Crippen LogP contribution in [0.15, 0.2) is 71.3 Å². The summed E-state index contributed by atoms with van der Waals surface area (Å²) in [4.78, 5) is 26.5. The minimum atomic E-state index is -0.200. The molecule has 0 aliphatic carbocycles. The Kier molecular flexibility index (Phi) is 7.55. The molecule has 0 spiro atoms. The fourth-order valence-corrected chi connectivity index (χ4v) is 5.44. The Morgan fingerprint density at radius 2 is 1.97 bits per heavy atom. The first-order valence-corrected chi connectivity index (χ1v) is 12.4. The van der Waals surface area contributed by atoms with Crippen molar-refractivity contribution in [3.8, 4) is 0 Å². The molecule has 1 aliphatic rings. The van der Waals surface area contributed by atoms with Crippen LogP contribution < -0.4 is 5.32 Å². The van der Waals surface area contributed by atoms with E-state index >= 15 is 0 Å². The molecule has 8 heteroatoms. The Balaban J connectivity index is 1.27. The number of nitrogens with one attached hydrogen (secondary N) is 1. The Morgan fingerprint density at radius 1 is 1.16 bits per heavy atom. The fraction of sp³-hybridized carbons (Fsp3) is 0.250. The van der Waals surface area contributed by atoms with Gasteiger partial charge in [0.2, 0.25) is 5.91 Å². The molecule has 0 radical (unpaired) electrons. The Hall–Kier alpha value is -2.71. The zero-order valence-corrected chi connectivity index (χ0v) is 19.0. The van der Waals surface area contributed by atoms with Crippen molar-refractivity contribution in [1.82, 2.24) is 10.2 Å². The Labute approximate surface area is 194 Å². The van der Waals surface area contributed by atoms with Gasteiger partial charge in [0.25, 0.3) is 5.91 Å². The molecule has 32 heavy (non-hydrogen) atoms. The first kappa shape index (κ1) is 22.5. The standard InChI is InChI=1S/C24H23FN2O3S2/c25-21-6-2-1-4-19(21)15-31-13-11-26-23(29)17-7-9-18(10-8-17)24-27(22(28)16-32-24)14-20-5-3-12-30-20/h1-10,12,24H,11,13-16H2,(H,26,29)/t24-/m0/s1. The lowest BCUT2D eigenvalue weighted by atomic mass is 10.1. The molecule has 2 amide bonds. The SMILES string of the molecule is O=C(NCCSCc1ccccc1F)c1ccc([C@@H]2SCC(=O)N2Cc2ccco2)cc1. The molecule has 2 heterocycles. The van der Waals surface area contributed by atoms with Crippen molar-refractivity contribution in [3.05, 3.63) is 95.2 Å². The topological polar surface area (TPSA) is 62.6 Å². The summed E-state index contributed by atoms with van der Waals surface area (Å²) in [6.07, 6.45) is 1.60. The number of halogens is 1. The summed E-state index contributed by atoms with van der Waals surface area (Å²) in [7, 11) is 0. The van der Waals surface area contributed by atoms with Gasteiger partial charge in [0, 0.05) is 23.6 Å². The van der Waals surface area contributed by atoms with E-state index in [0.29, 0.717) is 41.5 Å². The fourth-order valence-electron chi connectivity index (χ4n) is 3.41. The van der Waals surface area contributed by atoms with E-state index in [0.717, 1.165) is 11.3 Å². The minimum Gasteiger partial charge on any atom is -0.467 e. The molecule has 1 aliphatic heterocycles. The van der Waals surface area contributed by atoms with E-state index in [2.05, 4.69) is 5.32 Å². The lowest BCUT2D eigenvalue weighted by molar-refractivity contribution is -0.128. The maximum atomic E-state index is 13.6. The maximum Gasteiger partial charge on any atom is 0.251 e. The zero-order valence-electron chi connectivity index (χ0n) is 17.3. The molecule has 1 fully saturated rings. The number of furan rings is 1. The summed E-state index contributed by atoms with van der Waals surface area (Å²) in [5.41, 5.74) is 2.22. The molecular weight excluding hydrogens is 447 g/mol. The lowest BCUT2D eigenvalue weighted by Crippen LogP contribution is -2.28. The second-order valence-corrected chi connectivity index (χ2v) is 9.46. The number of carbonyl (C=O) groups excluding carboxylic acids is 2. The van der Waals surface area contributed by atoms with E-state index in [4.69, 9.17) is 4.42 Å². The Morgan fingerprint density at radius 3 is 2.72 bits per heavy atom. The van der Waals surface area contributed by atoms with Crippen molar-refractivity contribution in [2.75, 3.05) is 18.1 Å². The number of thioether (sulfide) groups is 2. The number of benzene rings is 2. The molecule has 5 nitrogen and oxygen atoms in total. The molecule has 1 aromatic heterocycles. The van der Waals surface area contributed by atoms with Gasteiger partial charge in [-0.15, -0.1) is 11.8 Å². The molecule has 2 aromatic carbocycles. The molecule has 0 saturated carbocycles. The summed E-state index contributed by atoms with van der Waals surface area (Å²) in [5, 5.41) is 2.80. The molecule has 0 bridgehead atoms. The van der Waals surface area contributed by atoms with Crippen LogP contribution in [0.4, 0.5) is 4.39 Å². The van der Waals surface area contributed by atoms with Gasteiger partial charge < -0.3 is 14.6 Å². The monoisotopic (exact) mass is 470 g/mol. The van der Waals surface area contributed by atoms with Gasteiger partial charge in [-0.05, 0) is 41.5 Å². The lowest BCUT2D eigenvalue weighted by Gasteiger charge is -2.23. The van der Waals surface area contributed by atoms with E-state index in [1.807, 2.05) is 30.3 Å². The quantitative estimate of drug-likeness (QED) is 0.453. The predicted molar refractivity (Wildman–Crippen MR) is 126 cm³/mol. The number of carbonyl (C=O) groups is 2. The van der Waals surface area contributed by atoms with E-state index in [1.165, 1.54) is 6.07 Å². The van der Waals surface area contributed by atoms with Crippen LogP contribution in [0.2, 0.25) is 0 Å². The summed E-state index contributed by atoms with van der Waals surface area (Å²) in [6, 6.07) is 17.7. The van der Waals surface area contributed by atoms with Crippen molar-refractivity contribution in [3.63, 3.8) is 0 Å². The Bertz CT molecular complexity index is 1060. The molecular formula is C24H23FN2O3S2. The highest BCUT2D eigenvalue weighted by atomic mass is 32.2. The molecule has 1 N–H and O–H groups in total. The third kappa shape index (κ3) is 5.55. The van der Waals surface area contributed by atoms with Gasteiger partial charge >= 0.3 is 0 Å². The molecule has 1 saturated heterocycles. The highest BCUT2D eigenvalue weighted by Crippen LogP contribution is 2.39. The summed E-state index contributed by atoms with van der Waals surface area (Å²) >= 11 is 3.15. The zero-order chi connectivity index (χ0) is 22.3. The predicted octanol–water partition coefficient (Wildman–Crippen LogP) is 4.86. The van der Waals surface area contributed by atoms with Crippen molar-refractivity contribution in [2.45, 2.75) is 17.7 Å². The van der Waals surface area contributed by atoms with Crippen molar-refractivity contribution in [1.29, 1.82) is 0 Å². The number of nitrogens with zero attached hydrogens (tertiary/aromatic N) is 1. The summed E-state index contributed by atoms with van der Waals surface area (Å²) in [6.45, 7) is 0.930. The van der Waals surface area contributed by atoms with Crippen LogP contribution in [0.25, 0.3) is 0 Å².